The molecular formula is C21H38. The van der Waals surface area contributed by atoms with Crippen LogP contribution in [0, 0.1) is 23.7 Å². The van der Waals surface area contributed by atoms with E-state index in [1.165, 1.54) is 64.2 Å². The van der Waals surface area contributed by atoms with Gasteiger partial charge in [0, 0.05) is 0 Å². The summed E-state index contributed by atoms with van der Waals surface area (Å²) >= 11 is 0. The van der Waals surface area contributed by atoms with Gasteiger partial charge in [-0.05, 0) is 62.2 Å². The minimum Gasteiger partial charge on any atom is -0.103 e. The molecule has 1 saturated carbocycles. The summed E-state index contributed by atoms with van der Waals surface area (Å²) in [6.45, 7) is 11.0. The number of hydrogen-bond donors (Lipinski definition) is 0. The smallest absolute Gasteiger partial charge is 0.0200 e. The van der Waals surface area contributed by atoms with E-state index in [1.807, 2.05) is 6.08 Å². The first-order valence-electron chi connectivity index (χ1n) is 9.42. The number of allylic oxidation sites excluding steroid dienone is 3. The van der Waals surface area contributed by atoms with Gasteiger partial charge < -0.3 is 0 Å². The molecule has 3 unspecified atom stereocenters. The van der Waals surface area contributed by atoms with Crippen molar-refractivity contribution in [2.24, 2.45) is 23.7 Å². The Labute approximate surface area is 134 Å². The SMILES string of the molecule is C=CCCCCCCCC=CC1CC(C)CCC1C(C)C. The summed E-state index contributed by atoms with van der Waals surface area (Å²) < 4.78 is 0. The van der Waals surface area contributed by atoms with Crippen molar-refractivity contribution in [3.05, 3.63) is 24.8 Å². The minimum absolute atomic E-state index is 0.844. The molecule has 122 valence electrons. The van der Waals surface area contributed by atoms with Gasteiger partial charge in [-0.1, -0.05) is 64.7 Å². The Hall–Kier alpha value is -0.520. The summed E-state index contributed by atoms with van der Waals surface area (Å²) in [6, 6.07) is 0. The Morgan fingerprint density at radius 2 is 1.67 bits per heavy atom. The number of hydrogen-bond acceptors (Lipinski definition) is 0. The third kappa shape index (κ3) is 7.88. The van der Waals surface area contributed by atoms with Crippen molar-refractivity contribution in [2.45, 2.75) is 85.0 Å². The standard InChI is InChI=1S/C21H38/c1-5-6-7-8-9-10-11-12-13-14-20-17-19(4)15-16-21(20)18(2)3/h5,13-14,18-21H,1,6-12,15-17H2,2-4H3. The Morgan fingerprint density at radius 3 is 2.33 bits per heavy atom. The highest BCUT2D eigenvalue weighted by Gasteiger charge is 2.28. The molecule has 0 radical (unpaired) electrons. The lowest BCUT2D eigenvalue weighted by Crippen LogP contribution is -2.26. The van der Waals surface area contributed by atoms with Crippen LogP contribution in [0.3, 0.4) is 0 Å². The van der Waals surface area contributed by atoms with Crippen molar-refractivity contribution in [3.63, 3.8) is 0 Å². The van der Waals surface area contributed by atoms with Crippen LogP contribution in [0.4, 0.5) is 0 Å². The van der Waals surface area contributed by atoms with Crippen LogP contribution in [0.15, 0.2) is 24.8 Å². The van der Waals surface area contributed by atoms with E-state index in [0.717, 1.165) is 23.7 Å². The van der Waals surface area contributed by atoms with E-state index >= 15 is 0 Å². The summed E-state index contributed by atoms with van der Waals surface area (Å²) in [7, 11) is 0. The second-order valence-corrected chi connectivity index (χ2v) is 7.55. The van der Waals surface area contributed by atoms with Crippen molar-refractivity contribution in [1.82, 2.24) is 0 Å². The summed E-state index contributed by atoms with van der Waals surface area (Å²) in [5.41, 5.74) is 0. The summed E-state index contributed by atoms with van der Waals surface area (Å²) in [6.07, 6.45) is 20.8. The first kappa shape index (κ1) is 18.5. The molecule has 0 spiro atoms. The van der Waals surface area contributed by atoms with Crippen LogP contribution < -0.4 is 0 Å². The van der Waals surface area contributed by atoms with Crippen LogP contribution in [-0.4, -0.2) is 0 Å². The van der Waals surface area contributed by atoms with Crippen molar-refractivity contribution < 1.29 is 0 Å². The van der Waals surface area contributed by atoms with Gasteiger partial charge in [0.2, 0.25) is 0 Å². The molecule has 0 amide bonds. The van der Waals surface area contributed by atoms with Crippen LogP contribution in [-0.2, 0) is 0 Å². The Balaban J connectivity index is 2.16. The Morgan fingerprint density at radius 1 is 1.00 bits per heavy atom. The first-order chi connectivity index (χ1) is 10.1. The summed E-state index contributed by atoms with van der Waals surface area (Å²) in [4.78, 5) is 0. The third-order valence-electron chi connectivity index (χ3n) is 5.24. The summed E-state index contributed by atoms with van der Waals surface area (Å²) in [5.74, 6) is 3.55. The van der Waals surface area contributed by atoms with Crippen LogP contribution >= 0.6 is 0 Å². The molecule has 1 aliphatic carbocycles. The molecule has 0 bridgehead atoms. The number of rotatable bonds is 10. The molecule has 0 aromatic carbocycles. The van der Waals surface area contributed by atoms with Crippen molar-refractivity contribution >= 4 is 0 Å². The van der Waals surface area contributed by atoms with Gasteiger partial charge in [0.1, 0.15) is 0 Å². The number of unbranched alkanes of at least 4 members (excludes halogenated alkanes) is 6. The highest BCUT2D eigenvalue weighted by atomic mass is 14.3. The molecule has 1 fully saturated rings. The molecule has 0 aromatic heterocycles. The lowest BCUT2D eigenvalue weighted by Gasteiger charge is -2.35. The summed E-state index contributed by atoms with van der Waals surface area (Å²) in [5, 5.41) is 0. The molecule has 0 N–H and O–H groups in total. The van der Waals surface area contributed by atoms with Gasteiger partial charge in [-0.3, -0.25) is 0 Å². The van der Waals surface area contributed by atoms with Gasteiger partial charge in [-0.25, -0.2) is 0 Å². The fourth-order valence-corrected chi connectivity index (χ4v) is 3.85. The fraction of sp³-hybridized carbons (Fsp3) is 0.810. The minimum atomic E-state index is 0.844. The predicted molar refractivity (Wildman–Crippen MR) is 96.5 cm³/mol. The van der Waals surface area contributed by atoms with Gasteiger partial charge in [0.15, 0.2) is 0 Å². The van der Waals surface area contributed by atoms with Crippen LogP contribution in [0.1, 0.15) is 85.0 Å². The molecule has 0 aromatic rings. The molecule has 3 atom stereocenters. The molecular weight excluding hydrogens is 252 g/mol. The largest absolute Gasteiger partial charge is 0.103 e. The highest BCUT2D eigenvalue weighted by molar-refractivity contribution is 4.95. The van der Waals surface area contributed by atoms with Gasteiger partial charge in [-0.2, -0.15) is 0 Å². The molecule has 21 heavy (non-hydrogen) atoms. The van der Waals surface area contributed by atoms with Crippen molar-refractivity contribution in [1.29, 1.82) is 0 Å². The quantitative estimate of drug-likeness (QED) is 0.295. The maximum Gasteiger partial charge on any atom is -0.0200 e. The molecule has 1 rings (SSSR count). The van der Waals surface area contributed by atoms with E-state index in [2.05, 4.69) is 39.5 Å². The average Bonchev–Trinajstić information content (AvgIpc) is 2.45. The Kier molecular flexibility index (Phi) is 9.79. The fourth-order valence-electron chi connectivity index (χ4n) is 3.85. The molecule has 0 heterocycles. The Bertz CT molecular complexity index is 286. The normalized spacial score (nSPS) is 26.6. The zero-order chi connectivity index (χ0) is 15.5. The van der Waals surface area contributed by atoms with E-state index in [4.69, 9.17) is 0 Å². The van der Waals surface area contributed by atoms with E-state index in [1.54, 1.807) is 0 Å². The van der Waals surface area contributed by atoms with E-state index in [0.29, 0.717) is 0 Å². The van der Waals surface area contributed by atoms with E-state index < -0.39 is 0 Å². The zero-order valence-corrected chi connectivity index (χ0v) is 14.8. The molecule has 0 aliphatic heterocycles. The molecule has 1 aliphatic rings. The van der Waals surface area contributed by atoms with E-state index in [9.17, 15) is 0 Å². The van der Waals surface area contributed by atoms with Crippen molar-refractivity contribution in [3.8, 4) is 0 Å². The lowest BCUT2D eigenvalue weighted by atomic mass is 9.70. The molecule has 0 nitrogen and oxygen atoms in total. The topological polar surface area (TPSA) is 0 Å². The molecule has 0 saturated heterocycles. The second kappa shape index (κ2) is 11.1. The van der Waals surface area contributed by atoms with Gasteiger partial charge >= 0.3 is 0 Å². The van der Waals surface area contributed by atoms with Gasteiger partial charge in [-0.15, -0.1) is 6.58 Å². The molecule has 0 heteroatoms. The average molecular weight is 291 g/mol. The maximum absolute atomic E-state index is 3.78. The predicted octanol–water partition coefficient (Wildman–Crippen LogP) is 7.17. The highest BCUT2D eigenvalue weighted by Crippen LogP contribution is 2.38. The van der Waals surface area contributed by atoms with Gasteiger partial charge in [0.25, 0.3) is 0 Å². The second-order valence-electron chi connectivity index (χ2n) is 7.55. The van der Waals surface area contributed by atoms with Crippen molar-refractivity contribution in [2.75, 3.05) is 0 Å². The monoisotopic (exact) mass is 290 g/mol. The zero-order valence-electron chi connectivity index (χ0n) is 14.8. The first-order valence-corrected chi connectivity index (χ1v) is 9.42. The van der Waals surface area contributed by atoms with Gasteiger partial charge in [0.05, 0.1) is 0 Å². The third-order valence-corrected chi connectivity index (χ3v) is 5.24. The maximum atomic E-state index is 3.78. The van der Waals surface area contributed by atoms with Crippen LogP contribution in [0.2, 0.25) is 0 Å². The van der Waals surface area contributed by atoms with E-state index in [-0.39, 0.29) is 0 Å². The van der Waals surface area contributed by atoms with Crippen LogP contribution in [0.25, 0.3) is 0 Å². The van der Waals surface area contributed by atoms with Crippen LogP contribution in [0.5, 0.6) is 0 Å². The lowest BCUT2D eigenvalue weighted by molar-refractivity contribution is 0.178.